The Morgan fingerprint density at radius 2 is 2.25 bits per heavy atom. The third kappa shape index (κ3) is 3.15. The third-order valence-corrected chi connectivity index (χ3v) is 3.70. The van der Waals surface area contributed by atoms with E-state index in [2.05, 4.69) is 31.8 Å². The van der Waals surface area contributed by atoms with E-state index < -0.39 is 0 Å². The maximum absolute atomic E-state index is 6.00. The van der Waals surface area contributed by atoms with Gasteiger partial charge in [-0.05, 0) is 38.3 Å². The molecule has 0 spiro atoms. The van der Waals surface area contributed by atoms with Crippen molar-refractivity contribution in [2.45, 2.75) is 44.8 Å². The van der Waals surface area contributed by atoms with Gasteiger partial charge in [0.05, 0.1) is 0 Å². The molecular weight excluding hydrogens is 250 g/mol. The first-order valence-corrected chi connectivity index (χ1v) is 7.37. The van der Waals surface area contributed by atoms with E-state index in [9.17, 15) is 0 Å². The Morgan fingerprint density at radius 3 is 3.00 bits per heavy atom. The molecule has 20 heavy (non-hydrogen) atoms. The maximum Gasteiger partial charge on any atom is 0.165 e. The Bertz CT molecular complexity index is 518. The molecule has 0 bridgehead atoms. The van der Waals surface area contributed by atoms with E-state index in [1.807, 2.05) is 12.1 Å². The Kier molecular flexibility index (Phi) is 3.47. The second kappa shape index (κ2) is 5.13. The summed E-state index contributed by atoms with van der Waals surface area (Å²) in [6, 6.07) is 6.82. The molecule has 1 aromatic rings. The first-order chi connectivity index (χ1) is 9.53. The van der Waals surface area contributed by atoms with Crippen LogP contribution in [0.25, 0.3) is 0 Å². The fourth-order valence-corrected chi connectivity index (χ4v) is 2.51. The second-order valence-electron chi connectivity index (χ2n) is 6.48. The molecule has 1 aliphatic carbocycles. The monoisotopic (exact) mass is 273 g/mol. The van der Waals surface area contributed by atoms with Gasteiger partial charge in [-0.3, -0.25) is 0 Å². The highest BCUT2D eigenvalue weighted by molar-refractivity contribution is 5.50. The van der Waals surface area contributed by atoms with Gasteiger partial charge < -0.3 is 14.8 Å². The largest absolute Gasteiger partial charge is 0.485 e. The zero-order valence-electron chi connectivity index (χ0n) is 12.4. The van der Waals surface area contributed by atoms with Crippen LogP contribution in [0, 0.1) is 0 Å². The van der Waals surface area contributed by atoms with Gasteiger partial charge in [-0.25, -0.2) is 0 Å². The Hall–Kier alpha value is -1.48. The van der Waals surface area contributed by atoms with Crippen molar-refractivity contribution in [2.24, 2.45) is 0 Å². The van der Waals surface area contributed by atoms with Crippen molar-refractivity contribution in [3.8, 4) is 11.5 Å². The van der Waals surface area contributed by atoms with E-state index in [4.69, 9.17) is 9.47 Å². The highest BCUT2D eigenvalue weighted by Crippen LogP contribution is 2.41. The summed E-state index contributed by atoms with van der Waals surface area (Å²) in [4.78, 5) is 0. The van der Waals surface area contributed by atoms with Crippen molar-refractivity contribution >= 4 is 0 Å². The van der Waals surface area contributed by atoms with Crippen LogP contribution in [0.4, 0.5) is 0 Å². The van der Waals surface area contributed by atoms with E-state index >= 15 is 0 Å². The van der Waals surface area contributed by atoms with Crippen molar-refractivity contribution in [3.63, 3.8) is 0 Å². The predicted molar refractivity (Wildman–Crippen MR) is 80.5 cm³/mol. The molecule has 1 aliphatic heterocycles. The zero-order valence-corrected chi connectivity index (χ0v) is 12.4. The van der Waals surface area contributed by atoms with Crippen LogP contribution in [0.5, 0.6) is 11.5 Å². The Morgan fingerprint density at radius 1 is 1.45 bits per heavy atom. The van der Waals surface area contributed by atoms with Crippen molar-refractivity contribution in [1.29, 1.82) is 0 Å². The Balaban J connectivity index is 1.58. The fraction of sp³-hybridized carbons (Fsp3) is 0.529. The van der Waals surface area contributed by atoms with Crippen LogP contribution in [-0.2, 0) is 6.42 Å². The summed E-state index contributed by atoms with van der Waals surface area (Å²) in [6.45, 7) is 9.66. The minimum atomic E-state index is -0.133. The van der Waals surface area contributed by atoms with Crippen LogP contribution in [0.3, 0.4) is 0 Å². The van der Waals surface area contributed by atoms with Gasteiger partial charge in [0.25, 0.3) is 0 Å². The lowest BCUT2D eigenvalue weighted by atomic mass is 10.0. The molecule has 108 valence electrons. The van der Waals surface area contributed by atoms with Gasteiger partial charge in [-0.15, -0.1) is 0 Å². The van der Waals surface area contributed by atoms with Gasteiger partial charge >= 0.3 is 0 Å². The molecule has 1 fully saturated rings. The summed E-state index contributed by atoms with van der Waals surface area (Å²) >= 11 is 0. The number of fused-ring (bicyclic) bond motifs is 1. The van der Waals surface area contributed by atoms with E-state index in [0.29, 0.717) is 12.6 Å². The van der Waals surface area contributed by atoms with Crippen LogP contribution in [0.1, 0.15) is 32.3 Å². The van der Waals surface area contributed by atoms with Crippen LogP contribution in [0.2, 0.25) is 0 Å². The maximum atomic E-state index is 6.00. The molecule has 0 radical (unpaired) electrons. The summed E-state index contributed by atoms with van der Waals surface area (Å²) in [5.74, 6) is 1.74. The molecular formula is C17H23NO2. The van der Waals surface area contributed by atoms with Crippen molar-refractivity contribution in [3.05, 3.63) is 35.9 Å². The number of para-hydroxylation sites is 1. The standard InChI is InChI=1S/C17H23NO2/c1-12(10-18-14-7-8-14)11-19-15-6-4-5-13-9-17(2,3)20-16(13)15/h4-6,14,18H,1,7-11H2,2-3H3. The average Bonchev–Trinajstić information content (AvgIpc) is 3.15. The molecule has 0 amide bonds. The molecule has 1 heterocycles. The minimum absolute atomic E-state index is 0.133. The lowest BCUT2D eigenvalue weighted by Gasteiger charge is -2.18. The zero-order chi connectivity index (χ0) is 14.2. The van der Waals surface area contributed by atoms with E-state index in [-0.39, 0.29) is 5.60 Å². The average molecular weight is 273 g/mol. The van der Waals surface area contributed by atoms with Gasteiger partial charge in [0.2, 0.25) is 0 Å². The van der Waals surface area contributed by atoms with Crippen molar-refractivity contribution in [2.75, 3.05) is 13.2 Å². The van der Waals surface area contributed by atoms with Crippen LogP contribution in [0.15, 0.2) is 30.4 Å². The molecule has 1 saturated carbocycles. The number of ether oxygens (including phenoxy) is 2. The highest BCUT2D eigenvalue weighted by Gasteiger charge is 2.32. The summed E-state index contributed by atoms with van der Waals surface area (Å²) in [5, 5.41) is 3.45. The molecule has 0 saturated heterocycles. The molecule has 0 unspecified atom stereocenters. The fourth-order valence-electron chi connectivity index (χ4n) is 2.51. The number of hydrogen-bond acceptors (Lipinski definition) is 3. The number of benzene rings is 1. The molecule has 1 aromatic carbocycles. The van der Waals surface area contributed by atoms with Crippen molar-refractivity contribution in [1.82, 2.24) is 5.32 Å². The summed E-state index contributed by atoms with van der Waals surface area (Å²) in [6.07, 6.45) is 3.52. The van der Waals surface area contributed by atoms with Gasteiger partial charge in [-0.2, -0.15) is 0 Å². The van der Waals surface area contributed by atoms with Crippen molar-refractivity contribution < 1.29 is 9.47 Å². The minimum Gasteiger partial charge on any atom is -0.485 e. The van der Waals surface area contributed by atoms with Gasteiger partial charge in [0.1, 0.15) is 12.2 Å². The summed E-state index contributed by atoms with van der Waals surface area (Å²) in [5.41, 5.74) is 2.17. The van der Waals surface area contributed by atoms with E-state index in [1.165, 1.54) is 18.4 Å². The molecule has 2 aliphatic rings. The lowest BCUT2D eigenvalue weighted by Crippen LogP contribution is -2.25. The Labute approximate surface area is 121 Å². The lowest BCUT2D eigenvalue weighted by molar-refractivity contribution is 0.133. The quantitative estimate of drug-likeness (QED) is 0.808. The van der Waals surface area contributed by atoms with E-state index in [0.717, 1.165) is 30.0 Å². The highest BCUT2D eigenvalue weighted by atomic mass is 16.5. The SMILES string of the molecule is C=C(CNC1CC1)COc1cccc2c1OC(C)(C)C2. The number of nitrogens with one attached hydrogen (secondary N) is 1. The molecule has 1 N–H and O–H groups in total. The number of hydrogen-bond donors (Lipinski definition) is 1. The number of rotatable bonds is 6. The van der Waals surface area contributed by atoms with Crippen LogP contribution in [-0.4, -0.2) is 24.8 Å². The summed E-state index contributed by atoms with van der Waals surface area (Å²) < 4.78 is 11.9. The van der Waals surface area contributed by atoms with Crippen LogP contribution < -0.4 is 14.8 Å². The predicted octanol–water partition coefficient (Wildman–Crippen LogP) is 3.09. The smallest absolute Gasteiger partial charge is 0.165 e. The molecule has 3 heteroatoms. The van der Waals surface area contributed by atoms with Gasteiger partial charge in [-0.1, -0.05) is 18.7 Å². The normalized spacial score (nSPS) is 19.3. The molecule has 3 rings (SSSR count). The van der Waals surface area contributed by atoms with Gasteiger partial charge in [0.15, 0.2) is 11.5 Å². The first-order valence-electron chi connectivity index (χ1n) is 7.37. The second-order valence-corrected chi connectivity index (χ2v) is 6.48. The van der Waals surface area contributed by atoms with E-state index in [1.54, 1.807) is 0 Å². The molecule has 0 atom stereocenters. The topological polar surface area (TPSA) is 30.5 Å². The third-order valence-electron chi connectivity index (χ3n) is 3.70. The molecule has 3 nitrogen and oxygen atoms in total. The summed E-state index contributed by atoms with van der Waals surface area (Å²) in [7, 11) is 0. The van der Waals surface area contributed by atoms with Gasteiger partial charge in [0, 0.05) is 24.6 Å². The molecule has 0 aromatic heterocycles. The van der Waals surface area contributed by atoms with Crippen LogP contribution >= 0.6 is 0 Å². The first kappa shape index (κ1) is 13.5.